The van der Waals surface area contributed by atoms with Gasteiger partial charge in [0.25, 0.3) is 5.91 Å². The fourth-order valence-electron chi connectivity index (χ4n) is 2.19. The van der Waals surface area contributed by atoms with E-state index in [4.69, 9.17) is 14.2 Å². The summed E-state index contributed by atoms with van der Waals surface area (Å²) >= 11 is 0. The standard InChI is InChI=1S/C17H15NO6/c1-10-2-4-13(19)12(6-10)17(21)22-8-16(20)18-11-3-5-14-15(7-11)24-9-23-14/h2-7,19H,8-9H2,1H3,(H,18,20). The van der Waals surface area contributed by atoms with Gasteiger partial charge in [0, 0.05) is 11.8 Å². The Morgan fingerprint density at radius 2 is 1.96 bits per heavy atom. The van der Waals surface area contributed by atoms with Gasteiger partial charge >= 0.3 is 5.97 Å². The van der Waals surface area contributed by atoms with Gasteiger partial charge in [0.2, 0.25) is 6.79 Å². The highest BCUT2D eigenvalue weighted by molar-refractivity contribution is 5.97. The number of carbonyl (C=O) groups excluding carboxylic acids is 2. The Morgan fingerprint density at radius 1 is 1.17 bits per heavy atom. The van der Waals surface area contributed by atoms with Crippen LogP contribution in [0.1, 0.15) is 15.9 Å². The van der Waals surface area contributed by atoms with E-state index < -0.39 is 18.5 Å². The lowest BCUT2D eigenvalue weighted by molar-refractivity contribution is -0.119. The van der Waals surface area contributed by atoms with Crippen molar-refractivity contribution < 1.29 is 28.9 Å². The number of rotatable bonds is 4. The van der Waals surface area contributed by atoms with Gasteiger partial charge in [-0.1, -0.05) is 11.6 Å². The number of aromatic hydroxyl groups is 1. The quantitative estimate of drug-likeness (QED) is 0.835. The fraction of sp³-hybridized carbons (Fsp3) is 0.176. The summed E-state index contributed by atoms with van der Waals surface area (Å²) in [6, 6.07) is 9.51. The molecule has 2 aromatic carbocycles. The zero-order valence-electron chi connectivity index (χ0n) is 12.9. The van der Waals surface area contributed by atoms with Crippen LogP contribution in [0.25, 0.3) is 0 Å². The Hall–Kier alpha value is -3.22. The van der Waals surface area contributed by atoms with Gasteiger partial charge < -0.3 is 24.6 Å². The molecule has 1 aliphatic rings. The molecule has 1 aliphatic heterocycles. The van der Waals surface area contributed by atoms with Gasteiger partial charge in [0.15, 0.2) is 18.1 Å². The first-order valence-electron chi connectivity index (χ1n) is 7.19. The molecule has 0 saturated heterocycles. The van der Waals surface area contributed by atoms with Gasteiger partial charge in [0.1, 0.15) is 11.3 Å². The van der Waals surface area contributed by atoms with Crippen LogP contribution in [0.15, 0.2) is 36.4 Å². The predicted octanol–water partition coefficient (Wildman–Crippen LogP) is 2.22. The summed E-state index contributed by atoms with van der Waals surface area (Å²) in [5.74, 6) is -0.322. The fourth-order valence-corrected chi connectivity index (χ4v) is 2.19. The summed E-state index contributed by atoms with van der Waals surface area (Å²) in [7, 11) is 0. The molecule has 1 amide bonds. The predicted molar refractivity (Wildman–Crippen MR) is 84.3 cm³/mol. The minimum Gasteiger partial charge on any atom is -0.507 e. The smallest absolute Gasteiger partial charge is 0.342 e. The van der Waals surface area contributed by atoms with Crippen LogP contribution in [-0.2, 0) is 9.53 Å². The highest BCUT2D eigenvalue weighted by atomic mass is 16.7. The second-order valence-electron chi connectivity index (χ2n) is 5.21. The Bertz CT molecular complexity index is 802. The van der Waals surface area contributed by atoms with Crippen LogP contribution in [-0.4, -0.2) is 30.4 Å². The van der Waals surface area contributed by atoms with Crippen LogP contribution < -0.4 is 14.8 Å². The van der Waals surface area contributed by atoms with E-state index in [1.165, 1.54) is 12.1 Å². The number of ether oxygens (including phenoxy) is 3. The topological polar surface area (TPSA) is 94.1 Å². The van der Waals surface area contributed by atoms with Crippen molar-refractivity contribution in [2.75, 3.05) is 18.7 Å². The van der Waals surface area contributed by atoms with Crippen LogP contribution in [0.5, 0.6) is 17.2 Å². The van der Waals surface area contributed by atoms with Crippen molar-refractivity contribution in [3.8, 4) is 17.2 Å². The number of fused-ring (bicyclic) bond motifs is 1. The first-order chi connectivity index (χ1) is 11.5. The summed E-state index contributed by atoms with van der Waals surface area (Å²) in [6.45, 7) is 1.45. The lowest BCUT2D eigenvalue weighted by Crippen LogP contribution is -2.21. The number of anilines is 1. The normalized spacial score (nSPS) is 11.9. The van der Waals surface area contributed by atoms with Gasteiger partial charge in [-0.25, -0.2) is 4.79 Å². The van der Waals surface area contributed by atoms with E-state index in [1.807, 2.05) is 0 Å². The number of benzene rings is 2. The molecule has 0 bridgehead atoms. The number of amides is 1. The van der Waals surface area contributed by atoms with Gasteiger partial charge in [-0.15, -0.1) is 0 Å². The first kappa shape index (κ1) is 15.7. The van der Waals surface area contributed by atoms with Crippen molar-refractivity contribution >= 4 is 17.6 Å². The number of hydrogen-bond acceptors (Lipinski definition) is 6. The summed E-state index contributed by atoms with van der Waals surface area (Å²) in [4.78, 5) is 23.8. The van der Waals surface area contributed by atoms with E-state index in [1.54, 1.807) is 31.2 Å². The van der Waals surface area contributed by atoms with Crippen molar-refractivity contribution in [2.24, 2.45) is 0 Å². The number of esters is 1. The average molecular weight is 329 g/mol. The highest BCUT2D eigenvalue weighted by Gasteiger charge is 2.16. The van der Waals surface area contributed by atoms with E-state index >= 15 is 0 Å². The van der Waals surface area contributed by atoms with Crippen LogP contribution in [0.3, 0.4) is 0 Å². The molecule has 0 atom stereocenters. The molecule has 2 aromatic rings. The Morgan fingerprint density at radius 3 is 2.79 bits per heavy atom. The molecule has 0 radical (unpaired) electrons. The number of nitrogens with one attached hydrogen (secondary N) is 1. The Balaban J connectivity index is 1.57. The molecule has 0 fully saturated rings. The maximum atomic E-state index is 11.9. The third-order valence-electron chi connectivity index (χ3n) is 3.36. The molecule has 7 heteroatoms. The zero-order chi connectivity index (χ0) is 17.1. The maximum absolute atomic E-state index is 11.9. The van der Waals surface area contributed by atoms with Crippen LogP contribution in [0, 0.1) is 6.92 Å². The van der Waals surface area contributed by atoms with Gasteiger partial charge in [0.05, 0.1) is 0 Å². The molecule has 0 spiro atoms. The van der Waals surface area contributed by atoms with Gasteiger partial charge in [-0.3, -0.25) is 4.79 Å². The van der Waals surface area contributed by atoms with Crippen LogP contribution in [0.2, 0.25) is 0 Å². The third kappa shape index (κ3) is 3.40. The van der Waals surface area contributed by atoms with Crippen LogP contribution in [0.4, 0.5) is 5.69 Å². The minimum atomic E-state index is -0.767. The zero-order valence-corrected chi connectivity index (χ0v) is 12.9. The molecule has 3 rings (SSSR count). The molecule has 1 heterocycles. The molecule has 0 unspecified atom stereocenters. The molecule has 124 valence electrons. The summed E-state index contributed by atoms with van der Waals surface area (Å²) < 4.78 is 15.3. The number of aryl methyl sites for hydroxylation is 1. The number of hydrogen-bond donors (Lipinski definition) is 2. The largest absolute Gasteiger partial charge is 0.507 e. The molecule has 0 aromatic heterocycles. The van der Waals surface area contributed by atoms with Crippen molar-refractivity contribution in [1.29, 1.82) is 0 Å². The van der Waals surface area contributed by atoms with E-state index in [2.05, 4.69) is 5.32 Å². The highest BCUT2D eigenvalue weighted by Crippen LogP contribution is 2.34. The maximum Gasteiger partial charge on any atom is 0.342 e. The lowest BCUT2D eigenvalue weighted by atomic mass is 10.1. The first-order valence-corrected chi connectivity index (χ1v) is 7.19. The molecular weight excluding hydrogens is 314 g/mol. The van der Waals surface area contributed by atoms with Gasteiger partial charge in [-0.05, 0) is 31.2 Å². The second kappa shape index (κ2) is 6.49. The molecule has 2 N–H and O–H groups in total. The van der Waals surface area contributed by atoms with Crippen LogP contribution >= 0.6 is 0 Å². The number of phenolic OH excluding ortho intramolecular Hbond substituents is 1. The number of phenols is 1. The SMILES string of the molecule is Cc1ccc(O)c(C(=O)OCC(=O)Nc2ccc3c(c2)OCO3)c1. The lowest BCUT2D eigenvalue weighted by Gasteiger charge is -2.08. The van der Waals surface area contributed by atoms with Crippen molar-refractivity contribution in [2.45, 2.75) is 6.92 Å². The molecule has 24 heavy (non-hydrogen) atoms. The van der Waals surface area contributed by atoms with E-state index in [9.17, 15) is 14.7 Å². The number of carbonyl (C=O) groups is 2. The third-order valence-corrected chi connectivity index (χ3v) is 3.36. The van der Waals surface area contributed by atoms with Gasteiger partial charge in [-0.2, -0.15) is 0 Å². The molecule has 0 aliphatic carbocycles. The monoisotopic (exact) mass is 329 g/mol. The van der Waals surface area contributed by atoms with Crippen molar-refractivity contribution in [1.82, 2.24) is 0 Å². The van der Waals surface area contributed by atoms with E-state index in [-0.39, 0.29) is 18.1 Å². The molecule has 0 saturated carbocycles. The van der Waals surface area contributed by atoms with Crippen molar-refractivity contribution in [3.63, 3.8) is 0 Å². The summed E-state index contributed by atoms with van der Waals surface area (Å²) in [6.07, 6.45) is 0. The summed E-state index contributed by atoms with van der Waals surface area (Å²) in [5, 5.41) is 12.3. The van der Waals surface area contributed by atoms with E-state index in [0.29, 0.717) is 17.2 Å². The summed E-state index contributed by atoms with van der Waals surface area (Å²) in [5.41, 5.74) is 1.31. The Labute approximate surface area is 137 Å². The molecular formula is C17H15NO6. The van der Waals surface area contributed by atoms with Crippen molar-refractivity contribution in [3.05, 3.63) is 47.5 Å². The Kier molecular flexibility index (Phi) is 4.24. The second-order valence-corrected chi connectivity index (χ2v) is 5.21. The minimum absolute atomic E-state index is 0.0193. The average Bonchev–Trinajstić information content (AvgIpc) is 3.02. The molecule has 7 nitrogen and oxygen atoms in total. The van der Waals surface area contributed by atoms with E-state index in [0.717, 1.165) is 5.56 Å².